The molecule has 1 aromatic heterocycles. The van der Waals surface area contributed by atoms with E-state index in [0.29, 0.717) is 32.0 Å². The third-order valence-electron chi connectivity index (χ3n) is 3.07. The summed E-state index contributed by atoms with van der Waals surface area (Å²) >= 11 is 0. The molecule has 1 N–H and O–H groups in total. The van der Waals surface area contributed by atoms with Crippen molar-refractivity contribution in [2.75, 3.05) is 44.7 Å². The molecule has 1 fully saturated rings. The molecule has 1 aliphatic heterocycles. The molecule has 8 nitrogen and oxygen atoms in total. The number of piperazine rings is 1. The van der Waals surface area contributed by atoms with Gasteiger partial charge in [-0.05, 0) is 0 Å². The van der Waals surface area contributed by atoms with E-state index in [1.165, 1.54) is 13.3 Å². The molecule has 8 heteroatoms. The highest BCUT2D eigenvalue weighted by atomic mass is 16.5. The highest BCUT2D eigenvalue weighted by molar-refractivity contribution is 5.87. The average Bonchev–Trinajstić information content (AvgIpc) is 2.47. The van der Waals surface area contributed by atoms with Crippen molar-refractivity contribution >= 4 is 17.8 Å². The number of methoxy groups -OCH3 is 1. The highest BCUT2D eigenvalue weighted by Crippen LogP contribution is 2.13. The molecule has 108 valence electrons. The van der Waals surface area contributed by atoms with Crippen molar-refractivity contribution in [2.45, 2.75) is 0 Å². The Morgan fingerprint density at radius 1 is 1.30 bits per heavy atom. The molecule has 0 amide bonds. The topological polar surface area (TPSA) is 95.9 Å². The normalized spacial score (nSPS) is 15.9. The minimum atomic E-state index is -0.828. The van der Waals surface area contributed by atoms with Gasteiger partial charge in [0.1, 0.15) is 5.82 Å². The van der Waals surface area contributed by atoms with Crippen LogP contribution in [-0.4, -0.2) is 71.7 Å². The van der Waals surface area contributed by atoms with Crippen LogP contribution in [0, 0.1) is 0 Å². The van der Waals surface area contributed by atoms with E-state index in [9.17, 15) is 9.59 Å². The van der Waals surface area contributed by atoms with Gasteiger partial charge in [-0.3, -0.25) is 14.7 Å². The second-order valence-electron chi connectivity index (χ2n) is 4.41. The molecule has 0 bridgehead atoms. The molecule has 0 spiro atoms. The minimum absolute atomic E-state index is 0.0434. The summed E-state index contributed by atoms with van der Waals surface area (Å²) in [6, 6.07) is 0. The van der Waals surface area contributed by atoms with Crippen LogP contribution in [0.1, 0.15) is 10.5 Å². The van der Waals surface area contributed by atoms with Crippen molar-refractivity contribution in [3.05, 3.63) is 18.1 Å². The van der Waals surface area contributed by atoms with Crippen molar-refractivity contribution in [1.29, 1.82) is 0 Å². The summed E-state index contributed by atoms with van der Waals surface area (Å²) in [7, 11) is 1.29. The maximum absolute atomic E-state index is 11.4. The molecule has 0 aromatic carbocycles. The average molecular weight is 280 g/mol. The van der Waals surface area contributed by atoms with Gasteiger partial charge in [0.25, 0.3) is 0 Å². The number of aliphatic carboxylic acids is 1. The lowest BCUT2D eigenvalue weighted by atomic mass is 10.3. The summed E-state index contributed by atoms with van der Waals surface area (Å²) in [6.07, 6.45) is 2.94. The van der Waals surface area contributed by atoms with E-state index >= 15 is 0 Å². The van der Waals surface area contributed by atoms with E-state index in [-0.39, 0.29) is 12.2 Å². The number of aromatic nitrogens is 2. The van der Waals surface area contributed by atoms with Crippen molar-refractivity contribution < 1.29 is 19.4 Å². The van der Waals surface area contributed by atoms with Crippen LogP contribution in [-0.2, 0) is 9.53 Å². The molecule has 20 heavy (non-hydrogen) atoms. The monoisotopic (exact) mass is 280 g/mol. The Hall–Kier alpha value is -2.22. The molecule has 1 aliphatic rings. The summed E-state index contributed by atoms with van der Waals surface area (Å²) in [6.45, 7) is 2.60. The first-order valence-corrected chi connectivity index (χ1v) is 6.19. The molecule has 0 radical (unpaired) electrons. The highest BCUT2D eigenvalue weighted by Gasteiger charge is 2.20. The standard InChI is InChI=1S/C12H16N4O4/c1-20-12(19)9-6-13-7-10(14-9)16-4-2-15(3-5-16)8-11(17)18/h6-7H,2-5,8H2,1H3,(H,17,18). The number of carbonyl (C=O) groups is 2. The molecule has 0 atom stereocenters. The van der Waals surface area contributed by atoms with Crippen LogP contribution in [0.3, 0.4) is 0 Å². The number of hydrogen-bond acceptors (Lipinski definition) is 7. The van der Waals surface area contributed by atoms with Crippen LogP contribution in [0.2, 0.25) is 0 Å². The van der Waals surface area contributed by atoms with Gasteiger partial charge < -0.3 is 14.7 Å². The zero-order valence-corrected chi connectivity index (χ0v) is 11.2. The third kappa shape index (κ3) is 3.41. The van der Waals surface area contributed by atoms with E-state index in [2.05, 4.69) is 14.7 Å². The first kappa shape index (κ1) is 14.2. The zero-order chi connectivity index (χ0) is 14.5. The van der Waals surface area contributed by atoms with Crippen molar-refractivity contribution in [3.63, 3.8) is 0 Å². The smallest absolute Gasteiger partial charge is 0.358 e. The number of anilines is 1. The summed E-state index contributed by atoms with van der Waals surface area (Å²) in [5, 5.41) is 8.74. The molecular weight excluding hydrogens is 264 g/mol. The van der Waals surface area contributed by atoms with Gasteiger partial charge >= 0.3 is 11.9 Å². The second-order valence-corrected chi connectivity index (χ2v) is 4.41. The quantitative estimate of drug-likeness (QED) is 0.735. The Bertz CT molecular complexity index is 500. The molecule has 0 aliphatic carbocycles. The van der Waals surface area contributed by atoms with Gasteiger partial charge in [0.15, 0.2) is 5.69 Å². The number of hydrogen-bond donors (Lipinski definition) is 1. The number of rotatable bonds is 4. The van der Waals surface area contributed by atoms with E-state index in [0.717, 1.165) is 0 Å². The Morgan fingerprint density at radius 2 is 2.00 bits per heavy atom. The predicted octanol–water partition coefficient (Wildman–Crippen LogP) is -0.530. The van der Waals surface area contributed by atoms with Crippen LogP contribution in [0.25, 0.3) is 0 Å². The Balaban J connectivity index is 2.00. The largest absolute Gasteiger partial charge is 0.480 e. The fraction of sp³-hybridized carbons (Fsp3) is 0.500. The van der Waals surface area contributed by atoms with Crippen LogP contribution in [0.4, 0.5) is 5.82 Å². The van der Waals surface area contributed by atoms with Gasteiger partial charge in [0, 0.05) is 26.2 Å². The number of nitrogens with zero attached hydrogens (tertiary/aromatic N) is 4. The van der Waals surface area contributed by atoms with Gasteiger partial charge in [0.05, 0.1) is 26.0 Å². The predicted molar refractivity (Wildman–Crippen MR) is 69.7 cm³/mol. The Labute approximate surface area is 116 Å². The lowest BCUT2D eigenvalue weighted by molar-refractivity contribution is -0.138. The number of ether oxygens (including phenoxy) is 1. The molecule has 0 unspecified atom stereocenters. The van der Waals surface area contributed by atoms with E-state index in [4.69, 9.17) is 5.11 Å². The maximum Gasteiger partial charge on any atom is 0.358 e. The number of carboxylic acids is 1. The first-order chi connectivity index (χ1) is 9.60. The van der Waals surface area contributed by atoms with E-state index in [1.54, 1.807) is 6.20 Å². The lowest BCUT2D eigenvalue weighted by Gasteiger charge is -2.34. The van der Waals surface area contributed by atoms with Gasteiger partial charge in [-0.25, -0.2) is 9.78 Å². The summed E-state index contributed by atoms with van der Waals surface area (Å²) in [5.74, 6) is -0.752. The van der Waals surface area contributed by atoms with Gasteiger partial charge in [0.2, 0.25) is 0 Å². The maximum atomic E-state index is 11.4. The Kier molecular flexibility index (Phi) is 4.46. The van der Waals surface area contributed by atoms with Crippen molar-refractivity contribution in [1.82, 2.24) is 14.9 Å². The lowest BCUT2D eigenvalue weighted by Crippen LogP contribution is -2.48. The molecule has 2 rings (SSSR count). The molecular formula is C12H16N4O4. The van der Waals surface area contributed by atoms with Crippen LogP contribution in [0.5, 0.6) is 0 Å². The number of carbonyl (C=O) groups excluding carboxylic acids is 1. The minimum Gasteiger partial charge on any atom is -0.480 e. The van der Waals surface area contributed by atoms with Crippen LogP contribution < -0.4 is 4.90 Å². The summed E-state index contributed by atoms with van der Waals surface area (Å²) in [5.41, 5.74) is 0.165. The van der Waals surface area contributed by atoms with Crippen LogP contribution >= 0.6 is 0 Å². The van der Waals surface area contributed by atoms with E-state index < -0.39 is 11.9 Å². The SMILES string of the molecule is COC(=O)c1cncc(N2CCN(CC(=O)O)CC2)n1. The van der Waals surface area contributed by atoms with Crippen molar-refractivity contribution in [2.24, 2.45) is 0 Å². The number of esters is 1. The molecule has 1 saturated heterocycles. The fourth-order valence-electron chi connectivity index (χ4n) is 2.04. The van der Waals surface area contributed by atoms with Crippen LogP contribution in [0.15, 0.2) is 12.4 Å². The van der Waals surface area contributed by atoms with Gasteiger partial charge in [-0.15, -0.1) is 0 Å². The number of carboxylic acid groups (broad SMARTS) is 1. The summed E-state index contributed by atoms with van der Waals surface area (Å²) < 4.78 is 4.61. The van der Waals surface area contributed by atoms with Gasteiger partial charge in [-0.2, -0.15) is 0 Å². The second kappa shape index (κ2) is 6.29. The first-order valence-electron chi connectivity index (χ1n) is 6.19. The zero-order valence-electron chi connectivity index (χ0n) is 11.2. The van der Waals surface area contributed by atoms with Crippen molar-refractivity contribution in [3.8, 4) is 0 Å². The van der Waals surface area contributed by atoms with E-state index in [1.807, 2.05) is 9.80 Å². The molecule has 0 saturated carbocycles. The fourth-order valence-corrected chi connectivity index (χ4v) is 2.04. The Morgan fingerprint density at radius 3 is 2.60 bits per heavy atom. The molecule has 1 aromatic rings. The van der Waals surface area contributed by atoms with Gasteiger partial charge in [-0.1, -0.05) is 0 Å². The third-order valence-corrected chi connectivity index (χ3v) is 3.07. The molecule has 2 heterocycles. The summed E-state index contributed by atoms with van der Waals surface area (Å²) in [4.78, 5) is 34.1.